The molecule has 4 heteroatoms. The Balaban J connectivity index is 5.39. The summed E-state index contributed by atoms with van der Waals surface area (Å²) in [6, 6.07) is 5.38. The fourth-order valence-electron chi connectivity index (χ4n) is 3.08. The van der Waals surface area contributed by atoms with Crippen LogP contribution in [0.1, 0.15) is 60.8 Å². The van der Waals surface area contributed by atoms with Gasteiger partial charge in [0, 0.05) is 12.8 Å². The fourth-order valence-corrected chi connectivity index (χ4v) is 6.21. The zero-order valence-corrected chi connectivity index (χ0v) is 17.4. The van der Waals surface area contributed by atoms with E-state index in [1.165, 1.54) is 0 Å². The van der Waals surface area contributed by atoms with Gasteiger partial charge in [-0.1, -0.05) is 45.9 Å². The number of aldehydes is 1. The molecule has 0 spiro atoms. The van der Waals surface area contributed by atoms with Crippen LogP contribution in [0, 0.1) is 17.2 Å². The largest absolute Gasteiger partial charge is 0.408 e. The minimum Gasteiger partial charge on any atom is -0.408 e. The molecule has 0 aromatic carbocycles. The van der Waals surface area contributed by atoms with Gasteiger partial charge in [-0.2, -0.15) is 5.26 Å². The molecule has 0 bridgehead atoms. The van der Waals surface area contributed by atoms with Crippen molar-refractivity contribution in [3.8, 4) is 6.07 Å². The van der Waals surface area contributed by atoms with E-state index < -0.39 is 13.9 Å². The second-order valence-corrected chi connectivity index (χ2v) is 11.8. The number of carbonyl (C=O) groups is 1. The predicted molar refractivity (Wildman–Crippen MR) is 104 cm³/mol. The molecule has 0 aliphatic heterocycles. The molecule has 0 rings (SSSR count). The Kier molecular flexibility index (Phi) is 10.1. The van der Waals surface area contributed by atoms with Crippen LogP contribution in [0.3, 0.4) is 0 Å². The first-order valence-electron chi connectivity index (χ1n) is 9.09. The molecule has 2 atom stereocenters. The molecule has 0 amide bonds. The molecule has 3 nitrogen and oxygen atoms in total. The third kappa shape index (κ3) is 6.74. The van der Waals surface area contributed by atoms with E-state index in [0.717, 1.165) is 42.0 Å². The number of carbonyl (C=O) groups excluding carboxylic acids is 1. The third-order valence-electron chi connectivity index (χ3n) is 5.15. The van der Waals surface area contributed by atoms with Gasteiger partial charge in [0.2, 0.25) is 0 Å². The van der Waals surface area contributed by atoms with Crippen molar-refractivity contribution < 1.29 is 9.22 Å². The first kappa shape index (κ1) is 22.8. The lowest BCUT2D eigenvalue weighted by Gasteiger charge is -2.40. The molecule has 0 saturated carbocycles. The van der Waals surface area contributed by atoms with E-state index in [1.807, 2.05) is 13.8 Å². The molecule has 24 heavy (non-hydrogen) atoms. The Hall–Kier alpha value is -1.18. The van der Waals surface area contributed by atoms with Crippen LogP contribution in [-0.4, -0.2) is 20.2 Å². The van der Waals surface area contributed by atoms with Crippen molar-refractivity contribution >= 4 is 14.6 Å². The second kappa shape index (κ2) is 10.6. The van der Waals surface area contributed by atoms with Crippen molar-refractivity contribution in [3.05, 3.63) is 23.8 Å². The van der Waals surface area contributed by atoms with Crippen molar-refractivity contribution in [1.82, 2.24) is 0 Å². The van der Waals surface area contributed by atoms with Crippen LogP contribution in [0.2, 0.25) is 18.1 Å². The summed E-state index contributed by atoms with van der Waals surface area (Å²) in [4.78, 5) is 11.3. The Bertz CT molecular complexity index is 480. The molecule has 0 fully saturated rings. The highest BCUT2D eigenvalue weighted by Crippen LogP contribution is 2.34. The summed E-state index contributed by atoms with van der Waals surface area (Å²) < 4.78 is 6.67. The minimum atomic E-state index is -1.82. The summed E-state index contributed by atoms with van der Waals surface area (Å²) in [5.74, 6) is 0.292. The average Bonchev–Trinajstić information content (AvgIpc) is 2.53. The molecule has 0 radical (unpaired) electrons. The summed E-state index contributed by atoms with van der Waals surface area (Å²) in [7, 11) is -1.82. The van der Waals surface area contributed by atoms with Crippen LogP contribution >= 0.6 is 0 Å². The lowest BCUT2D eigenvalue weighted by atomic mass is 9.90. The van der Waals surface area contributed by atoms with E-state index in [0.29, 0.717) is 18.8 Å². The average molecular weight is 350 g/mol. The van der Waals surface area contributed by atoms with Crippen LogP contribution in [0.15, 0.2) is 23.8 Å². The molecule has 2 unspecified atom stereocenters. The Morgan fingerprint density at radius 3 is 2.29 bits per heavy atom. The van der Waals surface area contributed by atoms with Crippen molar-refractivity contribution in [2.45, 2.75) is 84.5 Å². The normalized spacial score (nSPS) is 16.1. The number of rotatable bonds is 12. The van der Waals surface area contributed by atoms with Gasteiger partial charge >= 0.3 is 0 Å². The summed E-state index contributed by atoms with van der Waals surface area (Å²) in [6.07, 6.45) is 4.70. The number of allylic oxidation sites excluding steroid dienone is 2. The molecule has 0 aliphatic rings. The van der Waals surface area contributed by atoms with Crippen LogP contribution < -0.4 is 0 Å². The lowest BCUT2D eigenvalue weighted by Crippen LogP contribution is -2.46. The van der Waals surface area contributed by atoms with Gasteiger partial charge in [-0.3, -0.25) is 0 Å². The topological polar surface area (TPSA) is 50.1 Å². The molecule has 136 valence electrons. The molecule has 0 N–H and O–H groups in total. The Morgan fingerprint density at radius 1 is 1.33 bits per heavy atom. The number of hydrogen-bond acceptors (Lipinski definition) is 3. The SMILES string of the molecule is C=C(/C=C(\C)C(C)(CC=O)O[Si](CC)(CC)CC)CC(C)CC#N. The first-order valence-corrected chi connectivity index (χ1v) is 11.6. The monoisotopic (exact) mass is 349 g/mol. The van der Waals surface area contributed by atoms with Crippen LogP contribution in [-0.2, 0) is 9.22 Å². The second-order valence-electron chi connectivity index (χ2n) is 7.10. The summed E-state index contributed by atoms with van der Waals surface area (Å²) in [5.41, 5.74) is 1.49. The quantitative estimate of drug-likeness (QED) is 0.254. The van der Waals surface area contributed by atoms with Crippen LogP contribution in [0.25, 0.3) is 0 Å². The summed E-state index contributed by atoms with van der Waals surface area (Å²) in [6.45, 7) is 16.8. The van der Waals surface area contributed by atoms with Gasteiger partial charge in [-0.05, 0) is 49.9 Å². The number of nitrogens with zero attached hydrogens (tertiary/aromatic N) is 1. The van der Waals surface area contributed by atoms with E-state index >= 15 is 0 Å². The van der Waals surface area contributed by atoms with Crippen molar-refractivity contribution in [2.24, 2.45) is 5.92 Å². The highest BCUT2D eigenvalue weighted by molar-refractivity contribution is 6.73. The van der Waals surface area contributed by atoms with E-state index in [1.54, 1.807) is 0 Å². The fraction of sp³-hybridized carbons (Fsp3) is 0.700. The van der Waals surface area contributed by atoms with E-state index in [-0.39, 0.29) is 0 Å². The lowest BCUT2D eigenvalue weighted by molar-refractivity contribution is -0.110. The van der Waals surface area contributed by atoms with E-state index in [2.05, 4.69) is 46.4 Å². The molecular weight excluding hydrogens is 314 g/mol. The van der Waals surface area contributed by atoms with Crippen molar-refractivity contribution in [3.63, 3.8) is 0 Å². The summed E-state index contributed by atoms with van der Waals surface area (Å²) >= 11 is 0. The maximum absolute atomic E-state index is 11.3. The maximum atomic E-state index is 11.3. The molecule has 0 aliphatic carbocycles. The maximum Gasteiger partial charge on any atom is 0.193 e. The van der Waals surface area contributed by atoms with Crippen molar-refractivity contribution in [2.75, 3.05) is 0 Å². The highest BCUT2D eigenvalue weighted by atomic mass is 28.4. The Labute approximate surface area is 149 Å². The van der Waals surface area contributed by atoms with Crippen LogP contribution in [0.4, 0.5) is 0 Å². The van der Waals surface area contributed by atoms with Crippen LogP contribution in [0.5, 0.6) is 0 Å². The van der Waals surface area contributed by atoms with E-state index in [4.69, 9.17) is 9.69 Å². The highest BCUT2D eigenvalue weighted by Gasteiger charge is 2.38. The zero-order valence-electron chi connectivity index (χ0n) is 16.4. The Morgan fingerprint density at radius 2 is 1.88 bits per heavy atom. The van der Waals surface area contributed by atoms with Gasteiger partial charge in [0.1, 0.15) is 6.29 Å². The number of nitriles is 1. The predicted octanol–water partition coefficient (Wildman–Crippen LogP) is 5.80. The van der Waals surface area contributed by atoms with Gasteiger partial charge in [0.05, 0.1) is 11.7 Å². The molecule has 0 heterocycles. The molecule has 0 saturated heterocycles. The van der Waals surface area contributed by atoms with Gasteiger partial charge in [-0.25, -0.2) is 0 Å². The van der Waals surface area contributed by atoms with E-state index in [9.17, 15) is 4.79 Å². The molecular formula is C20H35NO2Si. The summed E-state index contributed by atoms with van der Waals surface area (Å²) in [5, 5.41) is 8.79. The first-order chi connectivity index (χ1) is 11.2. The molecule has 0 aromatic heterocycles. The van der Waals surface area contributed by atoms with Gasteiger partial charge in [0.25, 0.3) is 0 Å². The van der Waals surface area contributed by atoms with Gasteiger partial charge < -0.3 is 9.22 Å². The smallest absolute Gasteiger partial charge is 0.193 e. The molecule has 0 aromatic rings. The zero-order chi connectivity index (χ0) is 18.8. The third-order valence-corrected chi connectivity index (χ3v) is 9.90. The van der Waals surface area contributed by atoms with Gasteiger partial charge in [-0.15, -0.1) is 0 Å². The van der Waals surface area contributed by atoms with Crippen molar-refractivity contribution in [1.29, 1.82) is 5.26 Å². The number of hydrogen-bond donors (Lipinski definition) is 0. The standard InChI is InChI=1S/C20H35NO2Si/c1-8-24(9-2,10-3)23-20(7,12-14-22)19(6)16-18(5)15-17(4)11-13-21/h14,16-17H,5,8-12,15H2,1-4,6-7H3/b19-16+. The minimum absolute atomic E-state index is 0.292. The van der Waals surface area contributed by atoms with Gasteiger partial charge in [0.15, 0.2) is 8.32 Å².